The van der Waals surface area contributed by atoms with E-state index in [2.05, 4.69) is 5.32 Å². The largest absolute Gasteiger partial charge is 0.484 e. The summed E-state index contributed by atoms with van der Waals surface area (Å²) in [6.45, 7) is 0.394. The van der Waals surface area contributed by atoms with Gasteiger partial charge in [0.25, 0.3) is 5.91 Å². The molecule has 0 aromatic heterocycles. The summed E-state index contributed by atoms with van der Waals surface area (Å²) in [5, 5.41) is 2.90. The molecule has 0 bridgehead atoms. The summed E-state index contributed by atoms with van der Waals surface area (Å²) >= 11 is 0. The normalized spacial score (nSPS) is 15.9. The summed E-state index contributed by atoms with van der Waals surface area (Å²) in [5.41, 5.74) is 11.6. The number of hydrogen-bond donors (Lipinski definition) is 3. The van der Waals surface area contributed by atoms with Crippen LogP contribution in [0, 0.1) is 5.41 Å². The third-order valence-electron chi connectivity index (χ3n) is 4.40. The molecule has 0 unspecified atom stereocenters. The van der Waals surface area contributed by atoms with Crippen molar-refractivity contribution in [3.63, 3.8) is 0 Å². The van der Waals surface area contributed by atoms with Crippen LogP contribution in [0.25, 0.3) is 0 Å². The Labute approximate surface area is 148 Å². The Balaban J connectivity index is 0.00000288. The minimum atomic E-state index is -0.526. The zero-order valence-electron chi connectivity index (χ0n) is 13.8. The lowest BCUT2D eigenvalue weighted by molar-refractivity contribution is -0.120. The molecule has 1 aromatic carbocycles. The molecule has 1 aliphatic rings. The second-order valence-electron chi connectivity index (χ2n) is 6.27. The van der Waals surface area contributed by atoms with Crippen LogP contribution < -0.4 is 21.5 Å². The third kappa shape index (κ3) is 6.02. The van der Waals surface area contributed by atoms with Crippen LogP contribution in [0.3, 0.4) is 0 Å². The van der Waals surface area contributed by atoms with Crippen molar-refractivity contribution in [1.82, 2.24) is 0 Å². The summed E-state index contributed by atoms with van der Waals surface area (Å²) < 4.78 is 5.18. The van der Waals surface area contributed by atoms with E-state index in [4.69, 9.17) is 16.2 Å². The zero-order chi connectivity index (χ0) is 16.7. The molecule has 0 radical (unpaired) electrons. The number of carbonyl (C=O) groups is 2. The predicted molar refractivity (Wildman–Crippen MR) is 96.2 cm³/mol. The number of hydrogen-bond acceptors (Lipinski definition) is 4. The molecule has 0 atom stereocenters. The van der Waals surface area contributed by atoms with Crippen molar-refractivity contribution in [2.75, 3.05) is 18.5 Å². The van der Waals surface area contributed by atoms with Crippen LogP contribution in [-0.4, -0.2) is 25.0 Å². The molecule has 2 rings (SSSR count). The van der Waals surface area contributed by atoms with E-state index in [9.17, 15) is 9.59 Å². The van der Waals surface area contributed by atoms with Gasteiger partial charge < -0.3 is 21.5 Å². The number of primary amides is 1. The highest BCUT2D eigenvalue weighted by molar-refractivity contribution is 5.91. The Morgan fingerprint density at radius 2 is 1.75 bits per heavy atom. The first-order chi connectivity index (χ1) is 11.0. The zero-order valence-corrected chi connectivity index (χ0v) is 14.6. The Hall–Kier alpha value is -1.79. The fourth-order valence-electron chi connectivity index (χ4n) is 3.09. The molecule has 0 aliphatic heterocycles. The van der Waals surface area contributed by atoms with Crippen molar-refractivity contribution in [2.24, 2.45) is 16.9 Å². The summed E-state index contributed by atoms with van der Waals surface area (Å²) in [4.78, 5) is 22.9. The highest BCUT2D eigenvalue weighted by atomic mass is 35.5. The van der Waals surface area contributed by atoms with Crippen LogP contribution >= 0.6 is 12.4 Å². The first kappa shape index (κ1) is 20.3. The van der Waals surface area contributed by atoms with Crippen LogP contribution in [0.4, 0.5) is 5.69 Å². The molecule has 24 heavy (non-hydrogen) atoms. The molecule has 0 heterocycles. The van der Waals surface area contributed by atoms with Gasteiger partial charge in [-0.25, -0.2) is 0 Å². The number of ether oxygens (including phenoxy) is 1. The maximum Gasteiger partial charge on any atom is 0.255 e. The molecule has 6 nitrogen and oxygen atoms in total. The lowest BCUT2D eigenvalue weighted by Crippen LogP contribution is -2.36. The highest BCUT2D eigenvalue weighted by Crippen LogP contribution is 2.38. The van der Waals surface area contributed by atoms with Gasteiger partial charge in [0.05, 0.1) is 0 Å². The number of amides is 2. The fourth-order valence-corrected chi connectivity index (χ4v) is 3.09. The number of halogens is 1. The van der Waals surface area contributed by atoms with E-state index < -0.39 is 5.91 Å². The highest BCUT2D eigenvalue weighted by Gasteiger charge is 2.32. The monoisotopic (exact) mass is 355 g/mol. The molecule has 0 saturated heterocycles. The van der Waals surface area contributed by atoms with Gasteiger partial charge in [-0.15, -0.1) is 12.4 Å². The molecule has 5 N–H and O–H groups in total. The first-order valence-electron chi connectivity index (χ1n) is 8.04. The summed E-state index contributed by atoms with van der Waals surface area (Å²) in [7, 11) is 0. The quantitative estimate of drug-likeness (QED) is 0.696. The molecule has 1 saturated carbocycles. The molecular formula is C17H26ClN3O3. The van der Waals surface area contributed by atoms with E-state index in [1.54, 1.807) is 24.3 Å². The van der Waals surface area contributed by atoms with E-state index in [1.165, 1.54) is 6.42 Å². The van der Waals surface area contributed by atoms with Gasteiger partial charge in [0.2, 0.25) is 5.91 Å². The van der Waals surface area contributed by atoms with Crippen LogP contribution in [0.5, 0.6) is 5.75 Å². The number of benzene rings is 1. The van der Waals surface area contributed by atoms with Gasteiger partial charge in [-0.05, 0) is 49.1 Å². The predicted octanol–water partition coefficient (Wildman–Crippen LogP) is 2.21. The standard InChI is InChI=1S/C17H25N3O3.ClH/c18-12-17(8-2-1-3-9-17)10-16(22)20-13-4-6-14(7-5-13)23-11-15(19)21;/h4-7H,1-3,8-12,18H2,(H2,19,21)(H,20,22);1H. The van der Waals surface area contributed by atoms with Crippen molar-refractivity contribution in [1.29, 1.82) is 0 Å². The lowest BCUT2D eigenvalue weighted by Gasteiger charge is -2.35. The molecule has 1 aromatic rings. The number of carbonyl (C=O) groups excluding carboxylic acids is 2. The van der Waals surface area contributed by atoms with Crippen LogP contribution in [0.1, 0.15) is 38.5 Å². The number of nitrogens with one attached hydrogen (secondary N) is 1. The van der Waals surface area contributed by atoms with Crippen molar-refractivity contribution in [2.45, 2.75) is 38.5 Å². The van der Waals surface area contributed by atoms with E-state index in [-0.39, 0.29) is 30.3 Å². The van der Waals surface area contributed by atoms with Crippen LogP contribution in [0.2, 0.25) is 0 Å². The summed E-state index contributed by atoms with van der Waals surface area (Å²) in [6.07, 6.45) is 6.04. The Morgan fingerprint density at radius 3 is 2.29 bits per heavy atom. The van der Waals surface area contributed by atoms with Crippen molar-refractivity contribution >= 4 is 29.9 Å². The number of anilines is 1. The summed E-state index contributed by atoms with van der Waals surface area (Å²) in [6, 6.07) is 6.87. The van der Waals surface area contributed by atoms with Gasteiger partial charge in [0, 0.05) is 12.1 Å². The number of nitrogens with two attached hydrogens (primary N) is 2. The van der Waals surface area contributed by atoms with Gasteiger partial charge in [0.1, 0.15) is 5.75 Å². The first-order valence-corrected chi connectivity index (χ1v) is 8.04. The average Bonchev–Trinajstić information content (AvgIpc) is 2.55. The van der Waals surface area contributed by atoms with Crippen molar-refractivity contribution in [3.8, 4) is 5.75 Å². The Morgan fingerprint density at radius 1 is 1.12 bits per heavy atom. The molecule has 134 valence electrons. The van der Waals surface area contributed by atoms with Gasteiger partial charge in [0.15, 0.2) is 6.61 Å². The van der Waals surface area contributed by atoms with Gasteiger partial charge in [-0.1, -0.05) is 19.3 Å². The van der Waals surface area contributed by atoms with Gasteiger partial charge in [-0.3, -0.25) is 9.59 Å². The van der Waals surface area contributed by atoms with Crippen molar-refractivity contribution < 1.29 is 14.3 Å². The van der Waals surface area contributed by atoms with E-state index in [0.717, 1.165) is 25.7 Å². The van der Waals surface area contributed by atoms with Crippen LogP contribution in [-0.2, 0) is 9.59 Å². The third-order valence-corrected chi connectivity index (χ3v) is 4.40. The molecule has 0 spiro atoms. The van der Waals surface area contributed by atoms with E-state index >= 15 is 0 Å². The minimum absolute atomic E-state index is 0. The minimum Gasteiger partial charge on any atom is -0.484 e. The smallest absolute Gasteiger partial charge is 0.255 e. The molecule has 1 fully saturated rings. The molecular weight excluding hydrogens is 330 g/mol. The molecule has 7 heteroatoms. The maximum absolute atomic E-state index is 12.3. The van der Waals surface area contributed by atoms with Crippen molar-refractivity contribution in [3.05, 3.63) is 24.3 Å². The topological polar surface area (TPSA) is 107 Å². The van der Waals surface area contributed by atoms with Gasteiger partial charge in [-0.2, -0.15) is 0 Å². The second-order valence-corrected chi connectivity index (χ2v) is 6.27. The average molecular weight is 356 g/mol. The molecule has 1 aliphatic carbocycles. The van der Waals surface area contributed by atoms with Gasteiger partial charge >= 0.3 is 0 Å². The Bertz CT molecular complexity index is 543. The second kappa shape index (κ2) is 9.49. The molecule has 2 amide bonds. The van der Waals surface area contributed by atoms with E-state index in [1.807, 2.05) is 0 Å². The lowest BCUT2D eigenvalue weighted by atomic mass is 9.71. The number of rotatable bonds is 7. The fraction of sp³-hybridized carbons (Fsp3) is 0.529. The Kier molecular flexibility index (Phi) is 8.01. The van der Waals surface area contributed by atoms with E-state index in [0.29, 0.717) is 24.4 Å². The summed E-state index contributed by atoms with van der Waals surface area (Å²) in [5.74, 6) is -0.00222. The van der Waals surface area contributed by atoms with Crippen LogP contribution in [0.15, 0.2) is 24.3 Å². The SMILES string of the molecule is Cl.NCC1(CC(=O)Nc2ccc(OCC(N)=O)cc2)CCCCC1. The maximum atomic E-state index is 12.3.